The second-order valence-corrected chi connectivity index (χ2v) is 3.48. The number of carbonyl (C=O) groups is 1. The summed E-state index contributed by atoms with van der Waals surface area (Å²) in [5, 5.41) is 0.632. The Hall–Kier alpha value is -1.67. The van der Waals surface area contributed by atoms with Crippen molar-refractivity contribution in [3.05, 3.63) is 53.2 Å². The molecule has 0 bridgehead atoms. The van der Waals surface area contributed by atoms with Crippen molar-refractivity contribution in [3.63, 3.8) is 0 Å². The van der Waals surface area contributed by atoms with E-state index in [0.717, 1.165) is 11.8 Å². The molecule has 0 unspecified atom stereocenters. The van der Waals surface area contributed by atoms with E-state index in [0.29, 0.717) is 16.3 Å². The third-order valence-corrected chi connectivity index (χ3v) is 2.40. The first-order valence-corrected chi connectivity index (χ1v) is 4.85. The van der Waals surface area contributed by atoms with E-state index in [1.54, 1.807) is 24.4 Å². The smallest absolute Gasteiger partial charge is 0.150 e. The minimum Gasteiger partial charge on any atom is -0.298 e. The fourth-order valence-corrected chi connectivity index (χ4v) is 1.57. The summed E-state index contributed by atoms with van der Waals surface area (Å²) < 4.78 is 0. The number of rotatable bonds is 2. The molecule has 0 saturated heterocycles. The molecule has 0 aliphatic rings. The van der Waals surface area contributed by atoms with Crippen molar-refractivity contribution in [2.24, 2.45) is 0 Å². The average molecular weight is 218 g/mol. The first-order chi connectivity index (χ1) is 7.31. The Labute approximate surface area is 92.5 Å². The largest absolute Gasteiger partial charge is 0.298 e. The molecule has 3 heteroatoms. The van der Waals surface area contributed by atoms with Gasteiger partial charge in [0.15, 0.2) is 0 Å². The molecule has 0 aliphatic carbocycles. The second-order valence-electron chi connectivity index (χ2n) is 3.07. The van der Waals surface area contributed by atoms with Gasteiger partial charge in [-0.1, -0.05) is 29.8 Å². The molecule has 0 radical (unpaired) electrons. The first kappa shape index (κ1) is 9.87. The van der Waals surface area contributed by atoms with Gasteiger partial charge >= 0.3 is 0 Å². The molecule has 0 atom stereocenters. The summed E-state index contributed by atoms with van der Waals surface area (Å²) in [4.78, 5) is 14.8. The van der Waals surface area contributed by atoms with Crippen LogP contribution < -0.4 is 0 Å². The molecule has 0 saturated carbocycles. The van der Waals surface area contributed by atoms with Crippen molar-refractivity contribution in [1.29, 1.82) is 0 Å². The number of nitrogens with zero attached hydrogens (tertiary/aromatic N) is 1. The van der Waals surface area contributed by atoms with Gasteiger partial charge in [0.05, 0.1) is 5.69 Å². The van der Waals surface area contributed by atoms with E-state index in [9.17, 15) is 4.79 Å². The van der Waals surface area contributed by atoms with E-state index >= 15 is 0 Å². The SMILES string of the molecule is O=Cc1ccnc(-c2ccccc2Cl)c1. The van der Waals surface area contributed by atoms with Gasteiger partial charge in [-0.2, -0.15) is 0 Å². The average Bonchev–Trinajstić information content (AvgIpc) is 2.30. The van der Waals surface area contributed by atoms with Crippen LogP contribution in [0, 0.1) is 0 Å². The molecule has 1 aromatic heterocycles. The molecule has 74 valence electrons. The van der Waals surface area contributed by atoms with Gasteiger partial charge in [-0.05, 0) is 18.2 Å². The molecule has 0 aliphatic heterocycles. The van der Waals surface area contributed by atoms with E-state index in [-0.39, 0.29) is 0 Å². The summed E-state index contributed by atoms with van der Waals surface area (Å²) in [5.74, 6) is 0. The lowest BCUT2D eigenvalue weighted by atomic mass is 10.1. The highest BCUT2D eigenvalue weighted by Crippen LogP contribution is 2.25. The number of pyridine rings is 1. The molecular weight excluding hydrogens is 210 g/mol. The maximum atomic E-state index is 10.6. The summed E-state index contributed by atoms with van der Waals surface area (Å²) in [7, 11) is 0. The van der Waals surface area contributed by atoms with Crippen molar-refractivity contribution in [3.8, 4) is 11.3 Å². The molecule has 0 amide bonds. The molecular formula is C12H8ClNO. The van der Waals surface area contributed by atoms with Crippen molar-refractivity contribution >= 4 is 17.9 Å². The molecule has 1 heterocycles. The summed E-state index contributed by atoms with van der Waals surface area (Å²) in [5.41, 5.74) is 2.15. The Morgan fingerprint density at radius 1 is 1.20 bits per heavy atom. The first-order valence-electron chi connectivity index (χ1n) is 4.47. The van der Waals surface area contributed by atoms with E-state index in [4.69, 9.17) is 11.6 Å². The highest BCUT2D eigenvalue weighted by molar-refractivity contribution is 6.33. The van der Waals surface area contributed by atoms with Gasteiger partial charge in [0.25, 0.3) is 0 Å². The van der Waals surface area contributed by atoms with Gasteiger partial charge in [0, 0.05) is 22.3 Å². The summed E-state index contributed by atoms with van der Waals surface area (Å²) in [6.07, 6.45) is 2.39. The Balaban J connectivity index is 2.54. The number of halogens is 1. The Morgan fingerprint density at radius 2 is 2.00 bits per heavy atom. The zero-order valence-corrected chi connectivity index (χ0v) is 8.61. The fraction of sp³-hybridized carbons (Fsp3) is 0. The molecule has 0 spiro atoms. The lowest BCUT2D eigenvalue weighted by molar-refractivity contribution is 0.112. The number of hydrogen-bond acceptors (Lipinski definition) is 2. The van der Waals surface area contributed by atoms with Crippen LogP contribution in [0.15, 0.2) is 42.6 Å². The van der Waals surface area contributed by atoms with Crippen LogP contribution in [-0.2, 0) is 0 Å². The maximum absolute atomic E-state index is 10.6. The minimum atomic E-state index is 0.597. The molecule has 0 N–H and O–H groups in total. The number of aromatic nitrogens is 1. The lowest BCUT2D eigenvalue weighted by Gasteiger charge is -2.03. The molecule has 2 nitrogen and oxygen atoms in total. The predicted molar refractivity (Wildman–Crippen MR) is 60.1 cm³/mol. The number of aldehydes is 1. The number of benzene rings is 1. The van der Waals surface area contributed by atoms with E-state index in [1.807, 2.05) is 18.2 Å². The molecule has 15 heavy (non-hydrogen) atoms. The Kier molecular flexibility index (Phi) is 2.79. The van der Waals surface area contributed by atoms with Crippen molar-refractivity contribution in [1.82, 2.24) is 4.98 Å². The monoisotopic (exact) mass is 217 g/mol. The topological polar surface area (TPSA) is 30.0 Å². The maximum Gasteiger partial charge on any atom is 0.150 e. The van der Waals surface area contributed by atoms with Crippen molar-refractivity contribution in [2.75, 3.05) is 0 Å². The lowest BCUT2D eigenvalue weighted by Crippen LogP contribution is -1.87. The zero-order chi connectivity index (χ0) is 10.7. The van der Waals surface area contributed by atoms with Crippen LogP contribution >= 0.6 is 11.6 Å². The van der Waals surface area contributed by atoms with Crippen LogP contribution in [0.2, 0.25) is 5.02 Å². The van der Waals surface area contributed by atoms with Gasteiger partial charge in [-0.15, -0.1) is 0 Å². The fourth-order valence-electron chi connectivity index (χ4n) is 1.34. The normalized spacial score (nSPS) is 9.93. The Morgan fingerprint density at radius 3 is 2.73 bits per heavy atom. The van der Waals surface area contributed by atoms with Gasteiger partial charge in [0.1, 0.15) is 6.29 Å². The van der Waals surface area contributed by atoms with Crippen molar-refractivity contribution < 1.29 is 4.79 Å². The van der Waals surface area contributed by atoms with Crippen LogP contribution in [-0.4, -0.2) is 11.3 Å². The quantitative estimate of drug-likeness (QED) is 0.723. The van der Waals surface area contributed by atoms with Crippen LogP contribution in [0.5, 0.6) is 0 Å². The highest BCUT2D eigenvalue weighted by atomic mass is 35.5. The van der Waals surface area contributed by atoms with E-state index < -0.39 is 0 Å². The van der Waals surface area contributed by atoms with Crippen LogP contribution in [0.25, 0.3) is 11.3 Å². The second kappa shape index (κ2) is 4.24. The Bertz CT molecular complexity index is 496. The highest BCUT2D eigenvalue weighted by Gasteiger charge is 2.03. The number of carbonyl (C=O) groups excluding carboxylic acids is 1. The van der Waals surface area contributed by atoms with Crippen molar-refractivity contribution in [2.45, 2.75) is 0 Å². The zero-order valence-electron chi connectivity index (χ0n) is 7.85. The van der Waals surface area contributed by atoms with Gasteiger partial charge in [0.2, 0.25) is 0 Å². The third-order valence-electron chi connectivity index (χ3n) is 2.07. The van der Waals surface area contributed by atoms with E-state index in [2.05, 4.69) is 4.98 Å². The van der Waals surface area contributed by atoms with Gasteiger partial charge < -0.3 is 0 Å². The minimum absolute atomic E-state index is 0.597. The van der Waals surface area contributed by atoms with Gasteiger partial charge in [-0.25, -0.2) is 0 Å². The van der Waals surface area contributed by atoms with Crippen LogP contribution in [0.1, 0.15) is 10.4 Å². The van der Waals surface area contributed by atoms with Gasteiger partial charge in [-0.3, -0.25) is 9.78 Å². The summed E-state index contributed by atoms with van der Waals surface area (Å²) in [6, 6.07) is 10.8. The van der Waals surface area contributed by atoms with E-state index in [1.165, 1.54) is 0 Å². The summed E-state index contributed by atoms with van der Waals surface area (Å²) in [6.45, 7) is 0. The molecule has 0 fully saturated rings. The third kappa shape index (κ3) is 2.05. The summed E-state index contributed by atoms with van der Waals surface area (Å²) >= 11 is 6.03. The van der Waals surface area contributed by atoms with Crippen LogP contribution in [0.3, 0.4) is 0 Å². The molecule has 1 aromatic carbocycles. The molecule has 2 aromatic rings. The molecule has 2 rings (SSSR count). The predicted octanol–water partition coefficient (Wildman–Crippen LogP) is 3.21. The standard InChI is InChI=1S/C12H8ClNO/c13-11-4-2-1-3-10(11)12-7-9(8-15)5-6-14-12/h1-8H. The number of hydrogen-bond donors (Lipinski definition) is 0. The van der Waals surface area contributed by atoms with Crippen LogP contribution in [0.4, 0.5) is 0 Å².